The van der Waals surface area contributed by atoms with Crippen molar-refractivity contribution in [3.8, 4) is 11.5 Å². The lowest BCUT2D eigenvalue weighted by Gasteiger charge is -2.18. The van der Waals surface area contributed by atoms with E-state index in [9.17, 15) is 4.79 Å². The van der Waals surface area contributed by atoms with Crippen LogP contribution in [0.25, 0.3) is 6.08 Å². The Hall–Kier alpha value is -2.73. The van der Waals surface area contributed by atoms with Crippen LogP contribution in [0.4, 0.5) is 5.69 Å². The normalized spacial score (nSPS) is 19.1. The molecule has 2 aromatic carbocycles. The number of thioether (sulfide) groups is 1. The number of amides is 1. The fraction of sp³-hybridized carbons (Fsp3) is 0.273. The molecule has 0 aromatic heterocycles. The number of carbonyl (C=O) groups is 1. The lowest BCUT2D eigenvalue weighted by molar-refractivity contribution is -0.113. The second kappa shape index (κ2) is 7.72. The fourth-order valence-electron chi connectivity index (χ4n) is 3.00. The molecular formula is C22H22N2O3S. The molecule has 0 unspecified atom stereocenters. The summed E-state index contributed by atoms with van der Waals surface area (Å²) in [5, 5.41) is 0.702. The molecule has 0 spiro atoms. The zero-order valence-corrected chi connectivity index (χ0v) is 17.0. The Bertz CT molecular complexity index is 964. The number of fused-ring (bicyclic) bond motifs is 1. The minimum atomic E-state index is -0.0665. The first kappa shape index (κ1) is 18.6. The molecule has 0 N–H and O–H groups in total. The lowest BCUT2D eigenvalue weighted by Crippen LogP contribution is -2.29. The van der Waals surface area contributed by atoms with E-state index in [1.54, 1.807) is 4.90 Å². The number of nitrogens with zero attached hydrogens (tertiary/aromatic N) is 2. The van der Waals surface area contributed by atoms with E-state index in [1.165, 1.54) is 11.8 Å². The Morgan fingerprint density at radius 2 is 1.79 bits per heavy atom. The molecule has 5 nitrogen and oxygen atoms in total. The van der Waals surface area contributed by atoms with Gasteiger partial charge in [-0.1, -0.05) is 23.8 Å². The van der Waals surface area contributed by atoms with E-state index in [0.29, 0.717) is 29.0 Å². The van der Waals surface area contributed by atoms with Gasteiger partial charge in [0, 0.05) is 6.04 Å². The van der Waals surface area contributed by atoms with Crippen molar-refractivity contribution >= 4 is 34.6 Å². The van der Waals surface area contributed by atoms with Gasteiger partial charge in [-0.3, -0.25) is 14.7 Å². The highest BCUT2D eigenvalue weighted by Gasteiger charge is 2.34. The van der Waals surface area contributed by atoms with Crippen molar-refractivity contribution in [3.63, 3.8) is 0 Å². The Morgan fingerprint density at radius 3 is 2.50 bits per heavy atom. The number of hydrogen-bond donors (Lipinski definition) is 0. The molecule has 144 valence electrons. The summed E-state index contributed by atoms with van der Waals surface area (Å²) >= 11 is 1.40. The predicted molar refractivity (Wildman–Crippen MR) is 114 cm³/mol. The third kappa shape index (κ3) is 3.78. The van der Waals surface area contributed by atoms with Gasteiger partial charge >= 0.3 is 0 Å². The predicted octanol–water partition coefficient (Wildman–Crippen LogP) is 4.65. The Morgan fingerprint density at radius 1 is 1.07 bits per heavy atom. The van der Waals surface area contributed by atoms with Crippen molar-refractivity contribution in [1.29, 1.82) is 0 Å². The van der Waals surface area contributed by atoms with Crippen LogP contribution in [0.1, 0.15) is 25.0 Å². The lowest BCUT2D eigenvalue weighted by atomic mass is 10.1. The minimum Gasteiger partial charge on any atom is -0.486 e. The number of aliphatic imine (C=N–C) groups is 1. The van der Waals surface area contributed by atoms with Gasteiger partial charge in [-0.05, 0) is 68.4 Å². The molecule has 1 fully saturated rings. The smallest absolute Gasteiger partial charge is 0.271 e. The van der Waals surface area contributed by atoms with Gasteiger partial charge in [-0.15, -0.1) is 0 Å². The first-order chi connectivity index (χ1) is 13.5. The number of amidine groups is 1. The Balaban J connectivity index is 1.69. The monoisotopic (exact) mass is 394 g/mol. The first-order valence-corrected chi connectivity index (χ1v) is 10.1. The quantitative estimate of drug-likeness (QED) is 0.711. The van der Waals surface area contributed by atoms with Gasteiger partial charge in [0.1, 0.15) is 13.2 Å². The molecule has 0 radical (unpaired) electrons. The molecule has 2 heterocycles. The number of aryl methyl sites for hydroxylation is 1. The summed E-state index contributed by atoms with van der Waals surface area (Å²) in [6.45, 7) is 7.14. The average Bonchev–Trinajstić information content (AvgIpc) is 2.97. The topological polar surface area (TPSA) is 51.1 Å². The maximum absolute atomic E-state index is 13.2. The van der Waals surface area contributed by atoms with E-state index in [-0.39, 0.29) is 11.9 Å². The van der Waals surface area contributed by atoms with Crippen molar-refractivity contribution < 1.29 is 14.3 Å². The standard InChI is InChI=1S/C22H22N2O3S/c1-14(2)23-22-24(17-7-4-15(3)5-8-17)21(25)20(28-22)13-16-6-9-18-19(12-16)27-11-10-26-18/h4-9,12-14H,10-11H2,1-3H3/b20-13-,23-22-. The second-order valence-corrected chi connectivity index (χ2v) is 8.00. The molecule has 1 amide bonds. The summed E-state index contributed by atoms with van der Waals surface area (Å²) in [4.78, 5) is 20.2. The fourth-order valence-corrected chi connectivity index (χ4v) is 4.12. The summed E-state index contributed by atoms with van der Waals surface area (Å²) in [7, 11) is 0. The Labute approximate surface area is 169 Å². The van der Waals surface area contributed by atoms with E-state index in [0.717, 1.165) is 22.6 Å². The maximum atomic E-state index is 13.2. The van der Waals surface area contributed by atoms with Crippen molar-refractivity contribution in [3.05, 3.63) is 58.5 Å². The molecule has 0 bridgehead atoms. The first-order valence-electron chi connectivity index (χ1n) is 9.29. The molecule has 4 rings (SSSR count). The molecule has 2 aliphatic rings. The van der Waals surface area contributed by atoms with Gasteiger partial charge in [0.05, 0.1) is 10.6 Å². The number of ether oxygens (including phenoxy) is 2. The maximum Gasteiger partial charge on any atom is 0.271 e. The van der Waals surface area contributed by atoms with Crippen molar-refractivity contribution in [2.45, 2.75) is 26.8 Å². The van der Waals surface area contributed by atoms with E-state index < -0.39 is 0 Å². The summed E-state index contributed by atoms with van der Waals surface area (Å²) < 4.78 is 11.2. The van der Waals surface area contributed by atoms with Crippen molar-refractivity contribution in [2.24, 2.45) is 4.99 Å². The van der Waals surface area contributed by atoms with E-state index >= 15 is 0 Å². The highest BCUT2D eigenvalue weighted by Crippen LogP contribution is 2.38. The highest BCUT2D eigenvalue weighted by atomic mass is 32.2. The minimum absolute atomic E-state index is 0.0665. The van der Waals surface area contributed by atoms with Gasteiger partial charge < -0.3 is 9.47 Å². The van der Waals surface area contributed by atoms with Crippen LogP contribution in [0.2, 0.25) is 0 Å². The third-order valence-corrected chi connectivity index (χ3v) is 5.31. The molecule has 0 atom stereocenters. The Kier molecular flexibility index (Phi) is 5.13. The number of benzene rings is 2. The molecular weight excluding hydrogens is 372 g/mol. The third-order valence-electron chi connectivity index (χ3n) is 4.33. The van der Waals surface area contributed by atoms with Crippen LogP contribution in [-0.4, -0.2) is 30.3 Å². The number of anilines is 1. The van der Waals surface area contributed by atoms with Crippen LogP contribution in [0.3, 0.4) is 0 Å². The van der Waals surface area contributed by atoms with Gasteiger partial charge in [0.15, 0.2) is 16.7 Å². The van der Waals surface area contributed by atoms with Gasteiger partial charge in [-0.25, -0.2) is 0 Å². The highest BCUT2D eigenvalue weighted by molar-refractivity contribution is 8.19. The van der Waals surface area contributed by atoms with Gasteiger partial charge in [-0.2, -0.15) is 0 Å². The van der Waals surface area contributed by atoms with E-state index in [4.69, 9.17) is 9.47 Å². The number of hydrogen-bond acceptors (Lipinski definition) is 5. The molecule has 0 saturated carbocycles. The zero-order chi connectivity index (χ0) is 19.7. The van der Waals surface area contributed by atoms with Gasteiger partial charge in [0.2, 0.25) is 0 Å². The SMILES string of the molecule is Cc1ccc(N2C(=O)/C(=C/c3ccc4c(c3)OCCO4)S/C2=N\C(C)C)cc1. The molecule has 28 heavy (non-hydrogen) atoms. The average molecular weight is 394 g/mol. The van der Waals surface area contributed by atoms with Crippen LogP contribution in [-0.2, 0) is 4.79 Å². The summed E-state index contributed by atoms with van der Waals surface area (Å²) in [6, 6.07) is 13.7. The van der Waals surface area contributed by atoms with Crippen LogP contribution < -0.4 is 14.4 Å². The van der Waals surface area contributed by atoms with Crippen LogP contribution >= 0.6 is 11.8 Å². The zero-order valence-electron chi connectivity index (χ0n) is 16.1. The summed E-state index contributed by atoms with van der Waals surface area (Å²) in [6.07, 6.45) is 1.88. The van der Waals surface area contributed by atoms with Crippen LogP contribution in [0, 0.1) is 6.92 Å². The summed E-state index contributed by atoms with van der Waals surface area (Å²) in [5.41, 5.74) is 2.88. The van der Waals surface area contributed by atoms with Crippen molar-refractivity contribution in [1.82, 2.24) is 0 Å². The second-order valence-electron chi connectivity index (χ2n) is 7.00. The van der Waals surface area contributed by atoms with E-state index in [1.807, 2.05) is 69.3 Å². The molecule has 2 aliphatic heterocycles. The number of carbonyl (C=O) groups excluding carboxylic acids is 1. The van der Waals surface area contributed by atoms with Crippen LogP contribution in [0.5, 0.6) is 11.5 Å². The largest absolute Gasteiger partial charge is 0.486 e. The van der Waals surface area contributed by atoms with Gasteiger partial charge in [0.25, 0.3) is 5.91 Å². The van der Waals surface area contributed by atoms with E-state index in [2.05, 4.69) is 4.99 Å². The number of rotatable bonds is 3. The van der Waals surface area contributed by atoms with Crippen LogP contribution in [0.15, 0.2) is 52.4 Å². The van der Waals surface area contributed by atoms with Crippen molar-refractivity contribution in [2.75, 3.05) is 18.1 Å². The molecule has 6 heteroatoms. The molecule has 2 aromatic rings. The molecule has 0 aliphatic carbocycles. The molecule has 1 saturated heterocycles. The summed E-state index contributed by atoms with van der Waals surface area (Å²) in [5.74, 6) is 1.38.